The summed E-state index contributed by atoms with van der Waals surface area (Å²) in [6, 6.07) is 28.0. The van der Waals surface area contributed by atoms with Gasteiger partial charge in [0.05, 0.1) is 24.0 Å². The molecule has 0 atom stereocenters. The van der Waals surface area contributed by atoms with E-state index in [1.165, 1.54) is 12.3 Å². The van der Waals surface area contributed by atoms with Gasteiger partial charge in [-0.3, -0.25) is 4.79 Å². The number of rotatable bonds is 6. The van der Waals surface area contributed by atoms with E-state index in [1.807, 2.05) is 72.8 Å². The average Bonchev–Trinajstić information content (AvgIpc) is 2.80. The van der Waals surface area contributed by atoms with Crippen molar-refractivity contribution in [2.24, 2.45) is 15.3 Å². The molecule has 0 unspecified atom stereocenters. The number of carbonyl (C=O) groups excluding carboxylic acids is 1. The number of hydrogen-bond donors (Lipinski definition) is 2. The predicted octanol–water partition coefficient (Wildman–Crippen LogP) is 5.65. The van der Waals surface area contributed by atoms with E-state index in [0.29, 0.717) is 11.3 Å². The normalized spacial score (nSPS) is 11.4. The lowest BCUT2D eigenvalue weighted by atomic mass is 10.1. The Hall–Kier alpha value is -4.32. The first kappa shape index (κ1) is 20.0. The number of fused-ring (bicyclic) bond motifs is 1. The van der Waals surface area contributed by atoms with Crippen molar-refractivity contribution in [1.29, 1.82) is 0 Å². The highest BCUT2D eigenvalue weighted by molar-refractivity contribution is 5.92. The third-order valence-electron chi connectivity index (χ3n) is 4.65. The number of aromatic hydroxyl groups is 1. The summed E-state index contributed by atoms with van der Waals surface area (Å²) in [5.41, 5.74) is 5.11. The van der Waals surface area contributed by atoms with E-state index in [9.17, 15) is 9.90 Å². The molecule has 0 aliphatic rings. The fourth-order valence-corrected chi connectivity index (χ4v) is 3.11. The monoisotopic (exact) mass is 408 g/mol. The molecule has 4 aromatic carbocycles. The van der Waals surface area contributed by atoms with Crippen LogP contribution in [0.5, 0.6) is 5.75 Å². The number of azo groups is 1. The Morgan fingerprint density at radius 2 is 1.65 bits per heavy atom. The van der Waals surface area contributed by atoms with Crippen LogP contribution >= 0.6 is 0 Å². The summed E-state index contributed by atoms with van der Waals surface area (Å²) in [7, 11) is 0. The van der Waals surface area contributed by atoms with Gasteiger partial charge < -0.3 is 5.11 Å². The van der Waals surface area contributed by atoms with E-state index in [1.54, 1.807) is 12.1 Å². The number of nitrogens with zero attached hydrogens (tertiary/aromatic N) is 3. The van der Waals surface area contributed by atoms with E-state index in [4.69, 9.17) is 0 Å². The lowest BCUT2D eigenvalue weighted by molar-refractivity contribution is -0.120. The van der Waals surface area contributed by atoms with Crippen molar-refractivity contribution in [2.45, 2.75) is 6.42 Å². The van der Waals surface area contributed by atoms with Gasteiger partial charge in [0.2, 0.25) is 5.91 Å². The number of amides is 1. The first-order valence-electron chi connectivity index (χ1n) is 9.77. The van der Waals surface area contributed by atoms with Gasteiger partial charge >= 0.3 is 0 Å². The number of carbonyl (C=O) groups is 1. The molecule has 31 heavy (non-hydrogen) atoms. The maximum atomic E-state index is 12.0. The van der Waals surface area contributed by atoms with Crippen LogP contribution < -0.4 is 5.43 Å². The van der Waals surface area contributed by atoms with E-state index in [2.05, 4.69) is 20.8 Å². The van der Waals surface area contributed by atoms with Crippen molar-refractivity contribution in [2.75, 3.05) is 0 Å². The molecule has 0 spiro atoms. The van der Waals surface area contributed by atoms with Crippen molar-refractivity contribution in [1.82, 2.24) is 5.43 Å². The lowest BCUT2D eigenvalue weighted by Gasteiger charge is -2.02. The molecule has 4 aromatic rings. The Morgan fingerprint density at radius 1 is 0.871 bits per heavy atom. The predicted molar refractivity (Wildman–Crippen MR) is 122 cm³/mol. The molecule has 6 nitrogen and oxygen atoms in total. The Balaban J connectivity index is 1.46. The van der Waals surface area contributed by atoms with Crippen molar-refractivity contribution < 1.29 is 9.90 Å². The zero-order valence-corrected chi connectivity index (χ0v) is 16.6. The summed E-state index contributed by atoms with van der Waals surface area (Å²) in [4.78, 5) is 12.0. The first-order valence-corrected chi connectivity index (χ1v) is 9.77. The molecular weight excluding hydrogens is 388 g/mol. The second-order valence-electron chi connectivity index (χ2n) is 6.90. The average molecular weight is 408 g/mol. The highest BCUT2D eigenvalue weighted by atomic mass is 16.3. The van der Waals surface area contributed by atoms with Crippen LogP contribution in [0, 0.1) is 0 Å². The number of benzene rings is 4. The Morgan fingerprint density at radius 3 is 2.52 bits per heavy atom. The van der Waals surface area contributed by atoms with Gasteiger partial charge in [0, 0.05) is 10.9 Å². The topological polar surface area (TPSA) is 86.4 Å². The molecule has 0 heterocycles. The van der Waals surface area contributed by atoms with Gasteiger partial charge in [-0.15, -0.1) is 5.11 Å². The van der Waals surface area contributed by atoms with E-state index >= 15 is 0 Å². The van der Waals surface area contributed by atoms with Gasteiger partial charge in [-0.1, -0.05) is 66.7 Å². The van der Waals surface area contributed by atoms with Crippen LogP contribution in [0.15, 0.2) is 106 Å². The van der Waals surface area contributed by atoms with E-state index < -0.39 is 0 Å². The van der Waals surface area contributed by atoms with Crippen LogP contribution in [0.2, 0.25) is 0 Å². The number of phenols is 1. The maximum absolute atomic E-state index is 12.0. The molecular formula is C25H20N4O2. The molecule has 2 N–H and O–H groups in total. The third-order valence-corrected chi connectivity index (χ3v) is 4.65. The summed E-state index contributed by atoms with van der Waals surface area (Å²) in [5.74, 6) is -0.209. The molecule has 0 aromatic heterocycles. The highest BCUT2D eigenvalue weighted by Crippen LogP contribution is 2.28. The molecule has 0 saturated heterocycles. The molecule has 1 amide bonds. The Kier molecular flexibility index (Phi) is 6.09. The smallest absolute Gasteiger partial charge is 0.244 e. The molecule has 0 aliphatic carbocycles. The van der Waals surface area contributed by atoms with Crippen LogP contribution in [0.1, 0.15) is 11.1 Å². The fraction of sp³-hybridized carbons (Fsp3) is 0.0400. The minimum absolute atomic E-state index is 0.0326. The zero-order chi connectivity index (χ0) is 21.5. The van der Waals surface area contributed by atoms with Gasteiger partial charge in [-0.05, 0) is 35.2 Å². The van der Waals surface area contributed by atoms with Crippen LogP contribution in [-0.2, 0) is 11.2 Å². The van der Waals surface area contributed by atoms with Crippen molar-refractivity contribution in [3.05, 3.63) is 102 Å². The molecule has 0 radical (unpaired) electrons. The van der Waals surface area contributed by atoms with Gasteiger partial charge in [-0.25, -0.2) is 5.43 Å². The minimum atomic E-state index is -0.242. The summed E-state index contributed by atoms with van der Waals surface area (Å²) in [5, 5.41) is 24.8. The first-order chi connectivity index (χ1) is 15.2. The quantitative estimate of drug-likeness (QED) is 0.245. The maximum Gasteiger partial charge on any atom is 0.244 e. The fourth-order valence-electron chi connectivity index (χ4n) is 3.11. The van der Waals surface area contributed by atoms with Crippen molar-refractivity contribution in [3.8, 4) is 5.75 Å². The molecule has 6 heteroatoms. The van der Waals surface area contributed by atoms with Crippen LogP contribution in [0.3, 0.4) is 0 Å². The van der Waals surface area contributed by atoms with Gasteiger partial charge in [0.15, 0.2) is 0 Å². The van der Waals surface area contributed by atoms with Crippen LogP contribution in [0.25, 0.3) is 10.8 Å². The largest absolute Gasteiger partial charge is 0.507 e. The molecule has 0 fully saturated rings. The summed E-state index contributed by atoms with van der Waals surface area (Å²) in [6.45, 7) is 0. The Bertz CT molecular complexity index is 1260. The Labute approximate surface area is 179 Å². The van der Waals surface area contributed by atoms with E-state index in [-0.39, 0.29) is 18.1 Å². The van der Waals surface area contributed by atoms with Crippen LogP contribution in [0.4, 0.5) is 11.4 Å². The lowest BCUT2D eigenvalue weighted by Crippen LogP contribution is -2.19. The number of hydrogen-bond acceptors (Lipinski definition) is 5. The summed E-state index contributed by atoms with van der Waals surface area (Å²) in [6.07, 6.45) is 1.61. The van der Waals surface area contributed by atoms with Gasteiger partial charge in [0.25, 0.3) is 0 Å². The second-order valence-corrected chi connectivity index (χ2v) is 6.90. The van der Waals surface area contributed by atoms with Crippen LogP contribution in [-0.4, -0.2) is 17.2 Å². The third kappa shape index (κ3) is 5.19. The van der Waals surface area contributed by atoms with Crippen molar-refractivity contribution >= 4 is 34.3 Å². The van der Waals surface area contributed by atoms with Gasteiger partial charge in [-0.2, -0.15) is 10.2 Å². The minimum Gasteiger partial charge on any atom is -0.507 e. The molecule has 4 rings (SSSR count). The highest BCUT2D eigenvalue weighted by Gasteiger charge is 2.04. The number of nitrogens with one attached hydrogen (secondary N) is 1. The summed E-state index contributed by atoms with van der Waals surface area (Å²) >= 11 is 0. The molecule has 0 saturated carbocycles. The molecule has 0 aliphatic heterocycles. The molecule has 0 bridgehead atoms. The number of hydrazone groups is 1. The zero-order valence-electron chi connectivity index (χ0n) is 16.6. The number of phenolic OH excluding ortho intramolecular Hbond substituents is 1. The SMILES string of the molecule is O=C(Cc1ccccc1)N/N=C\c1cc(N=Nc2cccc3ccccc23)ccc1O. The van der Waals surface area contributed by atoms with Gasteiger partial charge in [0.1, 0.15) is 5.75 Å². The standard InChI is InChI=1S/C25H20N4O2/c30-24-14-13-21(27-28-23-12-6-10-19-9-4-5-11-22(19)23)16-20(24)17-26-29-25(31)15-18-7-2-1-3-8-18/h1-14,16-17,30H,15H2,(H,29,31)/b26-17-,28-27?. The van der Waals surface area contributed by atoms with Crippen molar-refractivity contribution in [3.63, 3.8) is 0 Å². The molecule has 152 valence electrons. The van der Waals surface area contributed by atoms with E-state index in [0.717, 1.165) is 22.0 Å². The second kappa shape index (κ2) is 9.45. The summed E-state index contributed by atoms with van der Waals surface area (Å²) < 4.78 is 0.